The molecule has 0 radical (unpaired) electrons. The van der Waals surface area contributed by atoms with Crippen molar-refractivity contribution in [3.05, 3.63) is 18.3 Å². The van der Waals surface area contributed by atoms with Crippen LogP contribution in [0.5, 0.6) is 0 Å². The highest BCUT2D eigenvalue weighted by atomic mass is 16.2. The molecule has 1 rings (SSSR count). The first-order chi connectivity index (χ1) is 7.26. The molecular formula is C11H19N3O. The molecule has 3 N–H and O–H groups in total. The summed E-state index contributed by atoms with van der Waals surface area (Å²) in [5, 5.41) is 15.1. The highest BCUT2D eigenvalue weighted by molar-refractivity contribution is 5.51. The third-order valence-corrected chi connectivity index (χ3v) is 2.22. The van der Waals surface area contributed by atoms with Crippen LogP contribution in [0.15, 0.2) is 18.3 Å². The molecule has 1 heterocycles. The number of aliphatic hydroxyl groups is 1. The molecule has 0 saturated carbocycles. The Morgan fingerprint density at radius 1 is 1.53 bits per heavy atom. The maximum absolute atomic E-state index is 8.72. The van der Waals surface area contributed by atoms with Gasteiger partial charge in [-0.1, -0.05) is 0 Å². The fraction of sp³-hybridized carbons (Fsp3) is 0.545. The Labute approximate surface area is 90.7 Å². The average Bonchev–Trinajstić information content (AvgIpc) is 2.26. The summed E-state index contributed by atoms with van der Waals surface area (Å²) >= 11 is 0. The minimum absolute atomic E-state index is 0.254. The van der Waals surface area contributed by atoms with Crippen molar-refractivity contribution >= 4 is 11.5 Å². The summed E-state index contributed by atoms with van der Waals surface area (Å²) in [7, 11) is 1.85. The Kier molecular flexibility index (Phi) is 4.90. The van der Waals surface area contributed by atoms with Gasteiger partial charge in [0.05, 0.1) is 0 Å². The van der Waals surface area contributed by atoms with Crippen LogP contribution in [-0.4, -0.2) is 29.8 Å². The van der Waals surface area contributed by atoms with E-state index in [0.29, 0.717) is 6.04 Å². The number of hydrogen-bond acceptors (Lipinski definition) is 4. The van der Waals surface area contributed by atoms with Gasteiger partial charge in [-0.2, -0.15) is 0 Å². The highest BCUT2D eigenvalue weighted by Crippen LogP contribution is 2.13. The van der Waals surface area contributed by atoms with Crippen molar-refractivity contribution in [3.8, 4) is 0 Å². The fourth-order valence-corrected chi connectivity index (χ4v) is 1.41. The van der Waals surface area contributed by atoms with Crippen molar-refractivity contribution in [3.63, 3.8) is 0 Å². The van der Waals surface area contributed by atoms with Crippen LogP contribution in [0.1, 0.15) is 19.8 Å². The third-order valence-electron chi connectivity index (χ3n) is 2.22. The normalized spacial score (nSPS) is 12.2. The van der Waals surface area contributed by atoms with Gasteiger partial charge < -0.3 is 15.7 Å². The van der Waals surface area contributed by atoms with Crippen LogP contribution in [0, 0.1) is 0 Å². The van der Waals surface area contributed by atoms with E-state index in [1.165, 1.54) is 0 Å². The summed E-state index contributed by atoms with van der Waals surface area (Å²) in [5.74, 6) is 0.856. The highest BCUT2D eigenvalue weighted by Gasteiger charge is 2.01. The summed E-state index contributed by atoms with van der Waals surface area (Å²) in [5.41, 5.74) is 1.06. The molecule has 0 aliphatic carbocycles. The number of rotatable bonds is 6. The number of pyridine rings is 1. The zero-order valence-corrected chi connectivity index (χ0v) is 9.33. The molecule has 1 aromatic rings. The smallest absolute Gasteiger partial charge is 0.127 e. The van der Waals surface area contributed by atoms with E-state index in [4.69, 9.17) is 5.11 Å². The molecule has 0 fully saturated rings. The quantitative estimate of drug-likeness (QED) is 0.667. The average molecular weight is 209 g/mol. The molecule has 4 heteroatoms. The van der Waals surface area contributed by atoms with Gasteiger partial charge in [-0.3, -0.25) is 0 Å². The second-order valence-electron chi connectivity index (χ2n) is 3.59. The van der Waals surface area contributed by atoms with Crippen molar-refractivity contribution in [2.45, 2.75) is 25.8 Å². The third kappa shape index (κ3) is 4.16. The molecule has 1 atom stereocenters. The number of aromatic nitrogens is 1. The Balaban J connectivity index is 2.48. The predicted molar refractivity (Wildman–Crippen MR) is 63.2 cm³/mol. The van der Waals surface area contributed by atoms with Crippen molar-refractivity contribution in [1.29, 1.82) is 0 Å². The van der Waals surface area contributed by atoms with Crippen LogP contribution in [-0.2, 0) is 0 Å². The summed E-state index contributed by atoms with van der Waals surface area (Å²) < 4.78 is 0. The lowest BCUT2D eigenvalue weighted by molar-refractivity contribution is 0.282. The molecule has 0 bridgehead atoms. The molecule has 0 saturated heterocycles. The van der Waals surface area contributed by atoms with E-state index in [-0.39, 0.29) is 6.61 Å². The van der Waals surface area contributed by atoms with Gasteiger partial charge in [-0.15, -0.1) is 0 Å². The Hall–Kier alpha value is -1.29. The monoisotopic (exact) mass is 209 g/mol. The zero-order valence-electron chi connectivity index (χ0n) is 9.33. The largest absolute Gasteiger partial charge is 0.396 e. The minimum atomic E-state index is 0.254. The molecular weight excluding hydrogens is 190 g/mol. The van der Waals surface area contributed by atoms with Crippen LogP contribution in [0.4, 0.5) is 11.5 Å². The second kappa shape index (κ2) is 6.24. The molecule has 0 amide bonds. The lowest BCUT2D eigenvalue weighted by atomic mass is 10.2. The van der Waals surface area contributed by atoms with Crippen molar-refractivity contribution < 1.29 is 5.11 Å². The summed E-state index contributed by atoms with van der Waals surface area (Å²) in [6.07, 6.45) is 3.57. The molecule has 0 spiro atoms. The second-order valence-corrected chi connectivity index (χ2v) is 3.59. The van der Waals surface area contributed by atoms with E-state index in [1.54, 1.807) is 6.20 Å². The van der Waals surface area contributed by atoms with Crippen molar-refractivity contribution in [1.82, 2.24) is 4.98 Å². The van der Waals surface area contributed by atoms with Gasteiger partial charge >= 0.3 is 0 Å². The van der Waals surface area contributed by atoms with Gasteiger partial charge in [0.25, 0.3) is 0 Å². The number of nitrogens with zero attached hydrogens (tertiary/aromatic N) is 1. The summed E-state index contributed by atoms with van der Waals surface area (Å²) in [6.45, 7) is 2.36. The van der Waals surface area contributed by atoms with E-state index < -0.39 is 0 Å². The zero-order chi connectivity index (χ0) is 11.1. The van der Waals surface area contributed by atoms with E-state index >= 15 is 0 Å². The molecule has 4 nitrogen and oxygen atoms in total. The molecule has 0 aromatic carbocycles. The lowest BCUT2D eigenvalue weighted by Gasteiger charge is -2.14. The van der Waals surface area contributed by atoms with E-state index in [1.807, 2.05) is 19.2 Å². The van der Waals surface area contributed by atoms with Crippen molar-refractivity contribution in [2.24, 2.45) is 0 Å². The van der Waals surface area contributed by atoms with Crippen molar-refractivity contribution in [2.75, 3.05) is 24.3 Å². The maximum Gasteiger partial charge on any atom is 0.127 e. The molecule has 0 aliphatic rings. The topological polar surface area (TPSA) is 57.2 Å². The van der Waals surface area contributed by atoms with E-state index in [9.17, 15) is 0 Å². The Morgan fingerprint density at radius 2 is 2.33 bits per heavy atom. The Morgan fingerprint density at radius 3 is 3.00 bits per heavy atom. The van der Waals surface area contributed by atoms with Crippen LogP contribution < -0.4 is 10.6 Å². The number of hydrogen-bond donors (Lipinski definition) is 3. The van der Waals surface area contributed by atoms with Gasteiger partial charge in [0, 0.05) is 37.6 Å². The van der Waals surface area contributed by atoms with Gasteiger partial charge in [0.15, 0.2) is 0 Å². The predicted octanol–water partition coefficient (Wildman–Crippen LogP) is 1.70. The number of nitrogens with one attached hydrogen (secondary N) is 2. The summed E-state index contributed by atoms with van der Waals surface area (Å²) in [4.78, 5) is 4.14. The molecule has 0 aliphatic heterocycles. The van der Waals surface area contributed by atoms with Gasteiger partial charge in [-0.05, 0) is 25.8 Å². The SMILES string of the molecule is CNc1cc(NC(C)CCCO)ccn1. The standard InChI is InChI=1S/C11H19N3O/c1-9(4-3-7-15)14-10-5-6-13-11(8-10)12-2/h5-6,8-9,15H,3-4,7H2,1-2H3,(H2,12,13,14). The number of aliphatic hydroxyl groups excluding tert-OH is 1. The van der Waals surface area contributed by atoms with Gasteiger partial charge in [-0.25, -0.2) is 4.98 Å². The molecule has 15 heavy (non-hydrogen) atoms. The van der Waals surface area contributed by atoms with Crippen LogP contribution in [0.3, 0.4) is 0 Å². The molecule has 1 aromatic heterocycles. The first-order valence-corrected chi connectivity index (χ1v) is 5.27. The molecule has 1 unspecified atom stereocenters. The fourth-order valence-electron chi connectivity index (χ4n) is 1.41. The first kappa shape index (κ1) is 11.8. The van der Waals surface area contributed by atoms with Crippen LogP contribution >= 0.6 is 0 Å². The minimum Gasteiger partial charge on any atom is -0.396 e. The molecule has 84 valence electrons. The first-order valence-electron chi connectivity index (χ1n) is 5.27. The summed E-state index contributed by atoms with van der Waals surface area (Å²) in [6, 6.07) is 4.27. The van der Waals surface area contributed by atoms with Crippen LogP contribution in [0.25, 0.3) is 0 Å². The Bertz CT molecular complexity index is 291. The lowest BCUT2D eigenvalue weighted by Crippen LogP contribution is -2.15. The van der Waals surface area contributed by atoms with E-state index in [0.717, 1.165) is 24.3 Å². The van der Waals surface area contributed by atoms with Gasteiger partial charge in [0.2, 0.25) is 0 Å². The van der Waals surface area contributed by atoms with Gasteiger partial charge in [0.1, 0.15) is 5.82 Å². The number of anilines is 2. The van der Waals surface area contributed by atoms with E-state index in [2.05, 4.69) is 22.5 Å². The van der Waals surface area contributed by atoms with Crippen LogP contribution in [0.2, 0.25) is 0 Å². The maximum atomic E-state index is 8.72.